The van der Waals surface area contributed by atoms with Gasteiger partial charge in [-0.05, 0) is 83.6 Å². The van der Waals surface area contributed by atoms with E-state index in [0.717, 1.165) is 38.3 Å². The summed E-state index contributed by atoms with van der Waals surface area (Å²) in [6.07, 6.45) is 0. The molecule has 0 spiro atoms. The second kappa shape index (κ2) is 10.1. The first-order valence-electron chi connectivity index (χ1n) is 14.0. The molecule has 7 aromatic carbocycles. The summed E-state index contributed by atoms with van der Waals surface area (Å²) in [6.45, 7) is 0. The van der Waals surface area contributed by atoms with Gasteiger partial charge in [0.15, 0.2) is 11.6 Å². The van der Waals surface area contributed by atoms with Crippen LogP contribution in [-0.2, 0) is 0 Å². The summed E-state index contributed by atoms with van der Waals surface area (Å²) in [4.78, 5) is 0. The van der Waals surface area contributed by atoms with Gasteiger partial charge in [0.25, 0.3) is 0 Å². The van der Waals surface area contributed by atoms with Crippen molar-refractivity contribution in [2.24, 2.45) is 0 Å². The van der Waals surface area contributed by atoms with E-state index < -0.39 is 0 Å². The summed E-state index contributed by atoms with van der Waals surface area (Å²) in [5, 5.41) is 16.6. The molecule has 1 heterocycles. The van der Waals surface area contributed by atoms with Crippen molar-refractivity contribution in [3.8, 4) is 39.6 Å². The highest BCUT2D eigenvalue weighted by molar-refractivity contribution is 9.10. The number of aromatic nitrogens is 3. The minimum Gasteiger partial charge on any atom is -0.275 e. The molecule has 0 radical (unpaired) electrons. The van der Waals surface area contributed by atoms with Crippen molar-refractivity contribution in [3.63, 3.8) is 0 Å². The molecule has 0 amide bonds. The van der Waals surface area contributed by atoms with Crippen molar-refractivity contribution in [1.29, 1.82) is 0 Å². The molecule has 4 heteroatoms. The SMILES string of the molecule is Brc1c2ccccc2c(-c2ccc3cc(-c4nnc(-c5ccccc5)n4-c4ccccc4)ccc3c2)c2ccccc12. The summed E-state index contributed by atoms with van der Waals surface area (Å²) in [5.41, 5.74) is 5.54. The smallest absolute Gasteiger partial charge is 0.168 e. The molecule has 8 rings (SSSR count). The van der Waals surface area contributed by atoms with Gasteiger partial charge in [-0.3, -0.25) is 4.57 Å². The number of para-hydroxylation sites is 1. The van der Waals surface area contributed by atoms with Crippen LogP contribution in [-0.4, -0.2) is 14.8 Å². The predicted octanol–water partition coefficient (Wildman–Crippen LogP) is 10.5. The third-order valence-electron chi connectivity index (χ3n) is 7.96. The Labute approximate surface area is 251 Å². The highest BCUT2D eigenvalue weighted by Crippen LogP contribution is 2.42. The lowest BCUT2D eigenvalue weighted by Crippen LogP contribution is -2.00. The van der Waals surface area contributed by atoms with Crippen molar-refractivity contribution in [2.45, 2.75) is 0 Å². The largest absolute Gasteiger partial charge is 0.275 e. The van der Waals surface area contributed by atoms with Crippen molar-refractivity contribution in [2.75, 3.05) is 0 Å². The molecule has 3 nitrogen and oxygen atoms in total. The van der Waals surface area contributed by atoms with Crippen LogP contribution in [0.2, 0.25) is 0 Å². The second-order valence-electron chi connectivity index (χ2n) is 10.4. The number of fused-ring (bicyclic) bond motifs is 3. The van der Waals surface area contributed by atoms with Crippen LogP contribution < -0.4 is 0 Å². The molecule has 42 heavy (non-hydrogen) atoms. The fraction of sp³-hybridized carbons (Fsp3) is 0. The van der Waals surface area contributed by atoms with E-state index in [1.807, 2.05) is 36.4 Å². The molecular weight excluding hydrogens is 578 g/mol. The van der Waals surface area contributed by atoms with Gasteiger partial charge in [-0.15, -0.1) is 10.2 Å². The Balaban J connectivity index is 1.29. The van der Waals surface area contributed by atoms with E-state index in [9.17, 15) is 0 Å². The zero-order valence-electron chi connectivity index (χ0n) is 22.6. The summed E-state index contributed by atoms with van der Waals surface area (Å²) >= 11 is 3.89. The highest BCUT2D eigenvalue weighted by atomic mass is 79.9. The van der Waals surface area contributed by atoms with Crippen LogP contribution in [0.4, 0.5) is 0 Å². The second-order valence-corrected chi connectivity index (χ2v) is 11.2. The van der Waals surface area contributed by atoms with Crippen molar-refractivity contribution < 1.29 is 0 Å². The van der Waals surface area contributed by atoms with Crippen LogP contribution in [0.1, 0.15) is 0 Å². The average molecular weight is 603 g/mol. The van der Waals surface area contributed by atoms with Crippen LogP contribution >= 0.6 is 15.9 Å². The molecule has 0 aliphatic heterocycles. The molecule has 0 saturated carbocycles. The van der Waals surface area contributed by atoms with Crippen LogP contribution in [0.15, 0.2) is 150 Å². The highest BCUT2D eigenvalue weighted by Gasteiger charge is 2.18. The maximum absolute atomic E-state index is 4.70. The number of hydrogen-bond acceptors (Lipinski definition) is 2. The Morgan fingerprint density at radius 2 is 0.905 bits per heavy atom. The average Bonchev–Trinajstić information content (AvgIpc) is 3.51. The van der Waals surface area contributed by atoms with E-state index in [-0.39, 0.29) is 0 Å². The summed E-state index contributed by atoms with van der Waals surface area (Å²) < 4.78 is 3.28. The molecule has 0 aliphatic rings. The van der Waals surface area contributed by atoms with Gasteiger partial charge in [0.05, 0.1) is 0 Å². The fourth-order valence-electron chi connectivity index (χ4n) is 5.99. The first kappa shape index (κ1) is 24.7. The maximum Gasteiger partial charge on any atom is 0.168 e. The Kier molecular flexibility index (Phi) is 5.94. The number of hydrogen-bond donors (Lipinski definition) is 0. The topological polar surface area (TPSA) is 30.7 Å². The summed E-state index contributed by atoms with van der Waals surface area (Å²) in [6, 6.07) is 51.1. The third-order valence-corrected chi connectivity index (χ3v) is 8.82. The molecule has 0 saturated heterocycles. The first-order chi connectivity index (χ1) is 20.8. The number of benzene rings is 7. The zero-order valence-corrected chi connectivity index (χ0v) is 24.2. The molecule has 0 N–H and O–H groups in total. The van der Waals surface area contributed by atoms with Gasteiger partial charge in [-0.1, -0.05) is 121 Å². The predicted molar refractivity (Wildman–Crippen MR) is 178 cm³/mol. The van der Waals surface area contributed by atoms with Gasteiger partial charge in [-0.25, -0.2) is 0 Å². The van der Waals surface area contributed by atoms with Crippen molar-refractivity contribution in [1.82, 2.24) is 14.8 Å². The van der Waals surface area contributed by atoms with E-state index >= 15 is 0 Å². The molecule has 1 aromatic heterocycles. The summed E-state index contributed by atoms with van der Waals surface area (Å²) in [7, 11) is 0. The van der Waals surface area contributed by atoms with Gasteiger partial charge in [-0.2, -0.15) is 0 Å². The first-order valence-corrected chi connectivity index (χ1v) is 14.8. The Morgan fingerprint density at radius 3 is 1.52 bits per heavy atom. The van der Waals surface area contributed by atoms with Gasteiger partial charge < -0.3 is 0 Å². The van der Waals surface area contributed by atoms with E-state index in [2.05, 4.69) is 135 Å². The van der Waals surface area contributed by atoms with Crippen molar-refractivity contribution in [3.05, 3.63) is 150 Å². The zero-order chi connectivity index (χ0) is 28.0. The molecule has 8 aromatic rings. The van der Waals surface area contributed by atoms with Crippen LogP contribution in [0.3, 0.4) is 0 Å². The molecule has 0 bridgehead atoms. The number of nitrogens with zero attached hydrogens (tertiary/aromatic N) is 3. The van der Waals surface area contributed by atoms with Gasteiger partial charge in [0, 0.05) is 21.3 Å². The number of rotatable bonds is 4. The van der Waals surface area contributed by atoms with Crippen LogP contribution in [0, 0.1) is 0 Å². The molecule has 0 atom stereocenters. The van der Waals surface area contributed by atoms with Crippen LogP contribution in [0.25, 0.3) is 71.9 Å². The summed E-state index contributed by atoms with van der Waals surface area (Å²) in [5.74, 6) is 1.64. The lowest BCUT2D eigenvalue weighted by molar-refractivity contribution is 1.07. The quantitative estimate of drug-likeness (QED) is 0.188. The molecule has 0 fully saturated rings. The Morgan fingerprint density at radius 1 is 0.429 bits per heavy atom. The minimum atomic E-state index is 0.816. The van der Waals surface area contributed by atoms with Crippen LogP contribution in [0.5, 0.6) is 0 Å². The molecule has 0 unspecified atom stereocenters. The lowest BCUT2D eigenvalue weighted by atomic mass is 9.91. The standard InChI is InChI=1S/C38H24BrN3/c39-36-33-17-9-7-15-31(33)35(32-16-8-10-18-34(32)36)28-21-19-27-24-29(22-20-26(27)23-28)38-41-40-37(25-11-3-1-4-12-25)42(38)30-13-5-2-6-14-30/h1-24H. The minimum absolute atomic E-state index is 0.816. The number of halogens is 1. The maximum atomic E-state index is 4.70. The van der Waals surface area contributed by atoms with Crippen molar-refractivity contribution >= 4 is 48.2 Å². The van der Waals surface area contributed by atoms with Gasteiger partial charge >= 0.3 is 0 Å². The Hall–Kier alpha value is -5.06. The van der Waals surface area contributed by atoms with Gasteiger partial charge in [0.1, 0.15) is 0 Å². The Bertz CT molecular complexity index is 2200. The normalized spacial score (nSPS) is 11.5. The van der Waals surface area contributed by atoms with E-state index in [1.54, 1.807) is 0 Å². The van der Waals surface area contributed by atoms with E-state index in [4.69, 9.17) is 5.10 Å². The van der Waals surface area contributed by atoms with E-state index in [1.165, 1.54) is 38.1 Å². The fourth-order valence-corrected chi connectivity index (χ4v) is 6.69. The molecule has 198 valence electrons. The lowest BCUT2D eigenvalue weighted by Gasteiger charge is -2.15. The third kappa shape index (κ3) is 4.03. The molecule has 0 aliphatic carbocycles. The molecular formula is C38H24BrN3. The van der Waals surface area contributed by atoms with Gasteiger partial charge in [0.2, 0.25) is 0 Å². The van der Waals surface area contributed by atoms with E-state index in [0.29, 0.717) is 0 Å². The monoisotopic (exact) mass is 601 g/mol.